The lowest BCUT2D eigenvalue weighted by Gasteiger charge is -2.41. The number of ether oxygens (including phenoxy) is 2. The minimum Gasteiger partial charge on any atom is -0.384 e. The van der Waals surface area contributed by atoms with E-state index in [2.05, 4.69) is 9.80 Å². The first-order valence-electron chi connectivity index (χ1n) is 15.5. The van der Waals surface area contributed by atoms with Crippen LogP contribution in [0.4, 0.5) is 4.39 Å². The van der Waals surface area contributed by atoms with Gasteiger partial charge in [0.2, 0.25) is 5.72 Å². The molecule has 2 saturated heterocycles. The molecule has 3 aromatic carbocycles. The summed E-state index contributed by atoms with van der Waals surface area (Å²) < 4.78 is 55.1. The molecule has 0 spiro atoms. The number of halogens is 3. The third-order valence-electron chi connectivity index (χ3n) is 9.25. The van der Waals surface area contributed by atoms with Crippen LogP contribution in [0.15, 0.2) is 59.5 Å². The molecular weight excluding hydrogens is 668 g/mol. The van der Waals surface area contributed by atoms with Gasteiger partial charge in [0.05, 0.1) is 40.9 Å². The van der Waals surface area contributed by atoms with Gasteiger partial charge < -0.3 is 19.5 Å². The van der Waals surface area contributed by atoms with Crippen molar-refractivity contribution in [3.8, 4) is 0 Å². The average molecular weight is 707 g/mol. The van der Waals surface area contributed by atoms with Crippen molar-refractivity contribution in [3.63, 3.8) is 0 Å². The lowest BCUT2D eigenvalue weighted by molar-refractivity contribution is -0.148. The number of nitrogens with zero attached hydrogens (tertiary/aromatic N) is 3. The molecule has 13 heteroatoms. The third-order valence-corrected chi connectivity index (χ3v) is 10.9. The van der Waals surface area contributed by atoms with E-state index < -0.39 is 39.0 Å². The van der Waals surface area contributed by atoms with E-state index in [0.29, 0.717) is 23.6 Å². The van der Waals surface area contributed by atoms with Crippen molar-refractivity contribution in [1.29, 1.82) is 0 Å². The smallest absolute Gasteiger partial charge is 0.257 e. The highest BCUT2D eigenvalue weighted by molar-refractivity contribution is 7.90. The number of carbonyl (C=O) groups is 1. The first-order valence-corrected chi connectivity index (χ1v) is 18.1. The quantitative estimate of drug-likeness (QED) is 0.344. The molecule has 2 fully saturated rings. The molecule has 9 nitrogen and oxygen atoms in total. The van der Waals surface area contributed by atoms with E-state index in [-0.39, 0.29) is 51.9 Å². The Labute approximate surface area is 284 Å². The van der Waals surface area contributed by atoms with Crippen molar-refractivity contribution in [2.75, 3.05) is 59.2 Å². The Bertz CT molecular complexity index is 1780. The Morgan fingerprint density at radius 3 is 2.38 bits per heavy atom. The topological polar surface area (TPSA) is 99.6 Å². The van der Waals surface area contributed by atoms with Gasteiger partial charge in [-0.2, -0.15) is 0 Å². The first kappa shape index (κ1) is 34.3. The highest BCUT2D eigenvalue weighted by Crippen LogP contribution is 2.50. The summed E-state index contributed by atoms with van der Waals surface area (Å²) >= 11 is 12.5. The van der Waals surface area contributed by atoms with Gasteiger partial charge in [-0.15, -0.1) is 0 Å². The van der Waals surface area contributed by atoms with Crippen LogP contribution in [0.5, 0.6) is 0 Å². The number of piperazine rings is 1. The van der Waals surface area contributed by atoms with Crippen LogP contribution in [0, 0.1) is 5.82 Å². The van der Waals surface area contributed by atoms with Crippen LogP contribution in [0.1, 0.15) is 46.0 Å². The van der Waals surface area contributed by atoms with Gasteiger partial charge in [-0.3, -0.25) is 14.6 Å². The predicted octanol–water partition coefficient (Wildman–Crippen LogP) is 4.65. The number of benzene rings is 3. The van der Waals surface area contributed by atoms with E-state index in [1.165, 1.54) is 23.1 Å². The van der Waals surface area contributed by atoms with Crippen LogP contribution in [-0.2, 0) is 37.2 Å². The fourth-order valence-electron chi connectivity index (χ4n) is 6.76. The third kappa shape index (κ3) is 6.69. The number of sulfone groups is 1. The number of likely N-dealkylation sites (N-methyl/N-ethyl adjacent to an activating group) is 1. The molecule has 3 aromatic rings. The lowest BCUT2D eigenvalue weighted by Crippen LogP contribution is -2.49. The Morgan fingerprint density at radius 2 is 1.74 bits per heavy atom. The van der Waals surface area contributed by atoms with Gasteiger partial charge in [-0.1, -0.05) is 41.4 Å². The van der Waals surface area contributed by atoms with Crippen molar-refractivity contribution < 1.29 is 32.2 Å². The Morgan fingerprint density at radius 1 is 1.06 bits per heavy atom. The van der Waals surface area contributed by atoms with Crippen LogP contribution >= 0.6 is 23.2 Å². The van der Waals surface area contributed by atoms with Gasteiger partial charge in [-0.25, -0.2) is 12.8 Å². The zero-order valence-electron chi connectivity index (χ0n) is 26.5. The van der Waals surface area contributed by atoms with E-state index in [4.69, 9.17) is 32.7 Å². The first-order chi connectivity index (χ1) is 22.2. The van der Waals surface area contributed by atoms with E-state index in [1.807, 2.05) is 7.05 Å². The predicted molar refractivity (Wildman–Crippen MR) is 177 cm³/mol. The zero-order valence-corrected chi connectivity index (χ0v) is 28.8. The van der Waals surface area contributed by atoms with Crippen molar-refractivity contribution in [2.45, 2.75) is 42.2 Å². The lowest BCUT2D eigenvalue weighted by atomic mass is 9.87. The maximum atomic E-state index is 16.9. The maximum Gasteiger partial charge on any atom is 0.257 e. The second-order valence-corrected chi connectivity index (χ2v) is 15.8. The molecule has 0 unspecified atom stereocenters. The van der Waals surface area contributed by atoms with Gasteiger partial charge in [0.1, 0.15) is 5.82 Å². The molecule has 3 atom stereocenters. The van der Waals surface area contributed by atoms with E-state index in [0.717, 1.165) is 32.4 Å². The molecule has 1 amide bonds. The van der Waals surface area contributed by atoms with Crippen molar-refractivity contribution >= 4 is 38.9 Å². The molecule has 1 N–H and O–H groups in total. The number of fused-ring (bicyclic) bond motifs is 1. The van der Waals surface area contributed by atoms with Crippen LogP contribution in [-0.4, -0.2) is 99.5 Å². The number of β-amino-alcohol motifs (C(OH)–C–C–N with tert-alkyl or cyclic N) is 1. The Balaban J connectivity index is 1.53. The monoisotopic (exact) mass is 705 g/mol. The summed E-state index contributed by atoms with van der Waals surface area (Å²) in [5.41, 5.74) is -2.36. The number of aliphatic hydroxyl groups is 1. The highest BCUT2D eigenvalue weighted by Gasteiger charge is 2.56. The van der Waals surface area contributed by atoms with Crippen LogP contribution < -0.4 is 0 Å². The molecule has 0 saturated carbocycles. The van der Waals surface area contributed by atoms with Crippen LogP contribution in [0.25, 0.3) is 0 Å². The highest BCUT2D eigenvalue weighted by atomic mass is 35.5. The molecule has 3 heterocycles. The Hall–Kier alpha value is -2.61. The van der Waals surface area contributed by atoms with Gasteiger partial charge in [0, 0.05) is 61.2 Å². The van der Waals surface area contributed by atoms with Crippen molar-refractivity contribution in [2.24, 2.45) is 0 Å². The summed E-state index contributed by atoms with van der Waals surface area (Å²) in [7, 11) is -1.74. The van der Waals surface area contributed by atoms with Gasteiger partial charge in [0.15, 0.2) is 9.84 Å². The van der Waals surface area contributed by atoms with E-state index in [1.54, 1.807) is 43.3 Å². The van der Waals surface area contributed by atoms with Crippen LogP contribution in [0.2, 0.25) is 10.0 Å². The maximum absolute atomic E-state index is 16.9. The SMILES string of the molecule is CN1CCN(C[C@](C)(O)c2cc(F)c3c(c2)C(=O)N(Cc2ccc(Cl)cc2S(C)(=O)=O)[C@@]3(O[C@H]2CCOC2)c2ccc(Cl)cc2)CC1. The van der Waals surface area contributed by atoms with Gasteiger partial charge in [0.25, 0.3) is 5.91 Å². The molecular formula is C34H38Cl2FN3O6S. The summed E-state index contributed by atoms with van der Waals surface area (Å²) in [4.78, 5) is 20.3. The summed E-state index contributed by atoms with van der Waals surface area (Å²) in [6.45, 7) is 5.43. The van der Waals surface area contributed by atoms with Crippen molar-refractivity contribution in [3.05, 3.63) is 98.3 Å². The van der Waals surface area contributed by atoms with E-state index >= 15 is 4.39 Å². The molecule has 0 aliphatic carbocycles. The van der Waals surface area contributed by atoms with E-state index in [9.17, 15) is 18.3 Å². The fourth-order valence-corrected chi connectivity index (χ4v) is 8.07. The molecule has 0 radical (unpaired) electrons. The summed E-state index contributed by atoms with van der Waals surface area (Å²) in [5.74, 6) is -1.32. The standard InChI is InChI=1S/C34H38Cl2FN3O6S/c1-33(42,21-39-13-11-38(2)12-14-39)24-16-28-31(29(37)17-24)34(46-27-10-15-45-20-27,23-5-8-25(35)9-6-23)40(32(28)41)19-22-4-7-26(36)18-30(22)47(3,43)44/h4-9,16-18,27,42H,10-15,19-21H2,1-3H3/t27-,33-,34+/m0/s1. The van der Waals surface area contributed by atoms with Gasteiger partial charge in [-0.05, 0) is 67.9 Å². The average Bonchev–Trinajstić information content (AvgIpc) is 3.60. The second-order valence-electron chi connectivity index (χ2n) is 12.9. The molecule has 3 aliphatic heterocycles. The molecule has 47 heavy (non-hydrogen) atoms. The van der Waals surface area contributed by atoms with Gasteiger partial charge >= 0.3 is 0 Å². The number of carbonyl (C=O) groups excluding carboxylic acids is 1. The molecule has 0 aromatic heterocycles. The minimum absolute atomic E-state index is 0.0161. The minimum atomic E-state index is -3.78. The number of amides is 1. The zero-order chi connectivity index (χ0) is 33.7. The van der Waals surface area contributed by atoms with Crippen molar-refractivity contribution in [1.82, 2.24) is 14.7 Å². The molecule has 3 aliphatic rings. The number of rotatable bonds is 9. The second kappa shape index (κ2) is 13.0. The summed E-state index contributed by atoms with van der Waals surface area (Å²) in [6, 6.07) is 13.8. The largest absolute Gasteiger partial charge is 0.384 e. The summed E-state index contributed by atoms with van der Waals surface area (Å²) in [6.07, 6.45) is 1.06. The number of hydrogen-bond donors (Lipinski definition) is 1. The number of hydrogen-bond acceptors (Lipinski definition) is 8. The summed E-state index contributed by atoms with van der Waals surface area (Å²) in [5, 5.41) is 12.4. The molecule has 0 bridgehead atoms. The molecule has 6 rings (SSSR count). The fraction of sp³-hybridized carbons (Fsp3) is 0.441. The Kier molecular flexibility index (Phi) is 9.49. The van der Waals surface area contributed by atoms with Crippen LogP contribution in [0.3, 0.4) is 0 Å². The normalized spacial score (nSPS) is 23.7. The molecule has 252 valence electrons.